The van der Waals surface area contributed by atoms with Crippen molar-refractivity contribution in [3.63, 3.8) is 0 Å². The first-order valence-corrected chi connectivity index (χ1v) is 25.9. The first-order valence-electron chi connectivity index (χ1n) is 15.4. The van der Waals surface area contributed by atoms with Gasteiger partial charge in [-0.25, -0.2) is 4.98 Å². The first-order chi connectivity index (χ1) is 21.5. The minimum absolute atomic E-state index is 0.188. The summed E-state index contributed by atoms with van der Waals surface area (Å²) in [7, 11) is 0. The molecule has 252 valence electrons. The molecule has 0 atom stereocenters. The van der Waals surface area contributed by atoms with Crippen LogP contribution in [0, 0.1) is 0 Å². The number of carbonyl (C=O) groups is 1. The minimum atomic E-state index is -2.77. The normalized spacial score (nSPS) is 12.9. The topological polar surface area (TPSA) is 55.1 Å². The lowest BCUT2D eigenvalue weighted by molar-refractivity contribution is 0.0940. The van der Waals surface area contributed by atoms with E-state index in [-0.39, 0.29) is 22.5 Å². The average molecular weight is 790 g/mol. The SMILES string of the molecule is CC(=O)n1c(-c2cc(C(C)(C)C)c(O)c(C(C)(C)C)c2)nc(-c2ccc(CC[Si](Cl)(Cl)Cl)cc2)c1-c1ccc(CC[Si](Cl)(Cl)Cl)cc1. The molecule has 47 heavy (non-hydrogen) atoms. The van der Waals surface area contributed by atoms with E-state index in [9.17, 15) is 9.90 Å². The second-order valence-corrected chi connectivity index (χ2v) is 32.6. The van der Waals surface area contributed by atoms with Gasteiger partial charge in [0, 0.05) is 34.7 Å². The third kappa shape index (κ3) is 9.82. The van der Waals surface area contributed by atoms with Crippen LogP contribution in [0.1, 0.15) is 75.5 Å². The molecule has 3 aromatic carbocycles. The number of hydrogen-bond donors (Lipinski definition) is 1. The van der Waals surface area contributed by atoms with Crippen molar-refractivity contribution in [2.45, 2.75) is 84.2 Å². The monoisotopic (exact) mass is 786 g/mol. The molecular formula is C35H40Cl6N2O2Si2. The van der Waals surface area contributed by atoms with Crippen molar-refractivity contribution in [3.05, 3.63) is 82.9 Å². The van der Waals surface area contributed by atoms with Gasteiger partial charge >= 0.3 is 12.0 Å². The Hall–Kier alpha value is -1.49. The van der Waals surface area contributed by atoms with E-state index >= 15 is 0 Å². The van der Waals surface area contributed by atoms with Gasteiger partial charge in [0.1, 0.15) is 11.6 Å². The molecular weight excluding hydrogens is 749 g/mol. The van der Waals surface area contributed by atoms with Gasteiger partial charge < -0.3 is 5.11 Å². The van der Waals surface area contributed by atoms with Gasteiger partial charge in [-0.2, -0.15) is 0 Å². The van der Waals surface area contributed by atoms with Gasteiger partial charge in [-0.1, -0.05) is 90.1 Å². The molecule has 0 amide bonds. The van der Waals surface area contributed by atoms with Crippen LogP contribution < -0.4 is 0 Å². The largest absolute Gasteiger partial charge is 0.507 e. The second kappa shape index (κ2) is 14.4. The van der Waals surface area contributed by atoms with E-state index in [0.717, 1.165) is 38.9 Å². The van der Waals surface area contributed by atoms with Crippen molar-refractivity contribution < 1.29 is 9.90 Å². The summed E-state index contributed by atoms with van der Waals surface area (Å²) in [5, 5.41) is 11.4. The number of halogens is 6. The molecule has 0 saturated heterocycles. The molecule has 0 aliphatic rings. The van der Waals surface area contributed by atoms with Crippen LogP contribution in [0.2, 0.25) is 12.1 Å². The zero-order valence-electron chi connectivity index (χ0n) is 27.6. The summed E-state index contributed by atoms with van der Waals surface area (Å²) < 4.78 is 1.67. The number of phenolic OH excluding ortho intramolecular Hbond substituents is 1. The third-order valence-corrected chi connectivity index (χ3v) is 13.1. The summed E-state index contributed by atoms with van der Waals surface area (Å²) in [6.45, 7) is 13.9. The lowest BCUT2D eigenvalue weighted by Gasteiger charge is -2.28. The number of aromatic hydroxyl groups is 1. The summed E-state index contributed by atoms with van der Waals surface area (Å²) in [5.74, 6) is 0.570. The predicted octanol–water partition coefficient (Wildman–Crippen LogP) is 12.2. The number of hydrogen-bond acceptors (Lipinski definition) is 3. The zero-order valence-corrected chi connectivity index (χ0v) is 34.2. The number of aryl methyl sites for hydroxylation is 2. The summed E-state index contributed by atoms with van der Waals surface area (Å²) in [5.41, 5.74) is 6.64. The highest BCUT2D eigenvalue weighted by molar-refractivity contribution is 7.65. The van der Waals surface area contributed by atoms with Gasteiger partial charge in [-0.15, -0.1) is 66.5 Å². The first kappa shape index (κ1) is 38.3. The quantitative estimate of drug-likeness (QED) is 0.136. The van der Waals surface area contributed by atoms with Crippen LogP contribution in [0.15, 0.2) is 60.7 Å². The van der Waals surface area contributed by atoms with Crippen LogP contribution in [0.25, 0.3) is 33.9 Å². The van der Waals surface area contributed by atoms with Gasteiger partial charge in [0.05, 0.1) is 11.4 Å². The average Bonchev–Trinajstić information content (AvgIpc) is 3.35. The van der Waals surface area contributed by atoms with Crippen LogP contribution >= 0.6 is 66.5 Å². The summed E-state index contributed by atoms with van der Waals surface area (Å²) in [4.78, 5) is 18.8. The van der Waals surface area contributed by atoms with E-state index in [4.69, 9.17) is 71.5 Å². The Morgan fingerprint density at radius 2 is 1.11 bits per heavy atom. The standard InChI is InChI=1S/C35H40Cl6N2O2Si2/c1-22(44)43-31(26-14-10-24(11-15-26)17-19-47(39,40)41)30(25-12-8-23(9-13-25)16-18-46(36,37)38)42-33(43)27-20-28(34(2,3)4)32(45)29(21-27)35(5,6)7/h8-15,20-21,45H,16-19H2,1-7H3. The summed E-state index contributed by atoms with van der Waals surface area (Å²) >= 11 is 36.9. The Bertz CT molecular complexity index is 1710. The Labute approximate surface area is 308 Å². The van der Waals surface area contributed by atoms with E-state index < -0.39 is 12.0 Å². The van der Waals surface area contributed by atoms with Gasteiger partial charge in [-0.3, -0.25) is 9.36 Å². The Kier molecular flexibility index (Phi) is 11.7. The van der Waals surface area contributed by atoms with E-state index in [1.165, 1.54) is 6.92 Å². The summed E-state index contributed by atoms with van der Waals surface area (Å²) in [6.07, 6.45) is 1.30. The van der Waals surface area contributed by atoms with Crippen molar-refractivity contribution in [1.29, 1.82) is 0 Å². The number of rotatable bonds is 9. The number of aromatic nitrogens is 2. The highest BCUT2D eigenvalue weighted by atomic mass is 35.8. The third-order valence-electron chi connectivity index (χ3n) is 8.03. The van der Waals surface area contributed by atoms with E-state index in [2.05, 4.69) is 41.5 Å². The highest BCUT2D eigenvalue weighted by Crippen LogP contribution is 2.44. The fourth-order valence-corrected chi connectivity index (χ4v) is 8.37. The smallest absolute Gasteiger partial charge is 0.341 e. The fraction of sp³-hybridized carbons (Fsp3) is 0.371. The molecule has 0 bridgehead atoms. The number of nitrogens with zero attached hydrogens (tertiary/aromatic N) is 2. The second-order valence-electron chi connectivity index (χ2n) is 14.0. The molecule has 0 fully saturated rings. The minimum Gasteiger partial charge on any atom is -0.507 e. The van der Waals surface area contributed by atoms with Crippen LogP contribution in [-0.4, -0.2) is 32.6 Å². The van der Waals surface area contributed by atoms with Crippen LogP contribution in [0.3, 0.4) is 0 Å². The molecule has 1 N–H and O–H groups in total. The maximum Gasteiger partial charge on any atom is 0.341 e. The number of carbonyl (C=O) groups excluding carboxylic acids is 1. The molecule has 12 heteroatoms. The van der Waals surface area contributed by atoms with Gasteiger partial charge in [-0.05, 0) is 59.0 Å². The zero-order chi connectivity index (χ0) is 35.1. The molecule has 1 aromatic heterocycles. The molecule has 0 spiro atoms. The van der Waals surface area contributed by atoms with Gasteiger partial charge in [0.15, 0.2) is 0 Å². The van der Waals surface area contributed by atoms with Gasteiger partial charge in [0.2, 0.25) is 5.91 Å². The van der Waals surface area contributed by atoms with Crippen molar-refractivity contribution in [3.8, 4) is 39.7 Å². The van der Waals surface area contributed by atoms with E-state index in [1.54, 1.807) is 4.57 Å². The molecule has 0 radical (unpaired) electrons. The number of imidazole rings is 1. The number of benzene rings is 3. The molecule has 4 rings (SSSR count). The Morgan fingerprint density at radius 1 is 0.702 bits per heavy atom. The van der Waals surface area contributed by atoms with Crippen molar-refractivity contribution in [2.24, 2.45) is 0 Å². The highest BCUT2D eigenvalue weighted by Gasteiger charge is 2.31. The fourth-order valence-electron chi connectivity index (χ4n) is 5.53. The Morgan fingerprint density at radius 3 is 1.47 bits per heavy atom. The molecule has 1 heterocycles. The molecule has 0 aliphatic heterocycles. The van der Waals surface area contributed by atoms with Gasteiger partial charge in [0.25, 0.3) is 0 Å². The van der Waals surface area contributed by atoms with E-state index in [1.807, 2.05) is 60.7 Å². The maximum atomic E-state index is 13.6. The Balaban J connectivity index is 1.97. The molecule has 0 aliphatic carbocycles. The van der Waals surface area contributed by atoms with E-state index in [0.29, 0.717) is 42.1 Å². The maximum absolute atomic E-state index is 13.6. The molecule has 0 saturated carbocycles. The molecule has 4 nitrogen and oxygen atoms in total. The molecule has 4 aromatic rings. The lowest BCUT2D eigenvalue weighted by atomic mass is 9.78. The van der Waals surface area contributed by atoms with Crippen LogP contribution in [0.4, 0.5) is 0 Å². The van der Waals surface area contributed by atoms with Crippen molar-refractivity contribution in [1.82, 2.24) is 9.55 Å². The number of phenols is 1. The van der Waals surface area contributed by atoms with Crippen molar-refractivity contribution >= 4 is 84.4 Å². The van der Waals surface area contributed by atoms with Crippen LogP contribution in [0.5, 0.6) is 5.75 Å². The predicted molar refractivity (Wildman–Crippen MR) is 208 cm³/mol. The van der Waals surface area contributed by atoms with Crippen molar-refractivity contribution in [2.75, 3.05) is 0 Å². The lowest BCUT2D eigenvalue weighted by Crippen LogP contribution is -2.18. The molecule has 0 unspecified atom stereocenters. The van der Waals surface area contributed by atoms with Crippen LogP contribution in [-0.2, 0) is 23.7 Å². The summed E-state index contributed by atoms with van der Waals surface area (Å²) in [6, 6.07) is 15.4.